The van der Waals surface area contributed by atoms with Crippen molar-refractivity contribution in [2.45, 2.75) is 32.0 Å². The van der Waals surface area contributed by atoms with Crippen LogP contribution in [0.2, 0.25) is 0 Å². The Morgan fingerprint density at radius 3 is 2.32 bits per heavy atom. The molecule has 2 aliphatic rings. The SMILES string of the molecule is C[C@@H]1CN(C(=O)CCC(=O)N2CCOCC2)C[C@@H](c2ccccc2)O1. The lowest BCUT2D eigenvalue weighted by atomic mass is 10.1. The molecule has 2 aliphatic heterocycles. The Bertz CT molecular complexity index is 586. The number of rotatable bonds is 4. The van der Waals surface area contributed by atoms with Crippen molar-refractivity contribution in [2.24, 2.45) is 0 Å². The Morgan fingerprint density at radius 1 is 1.00 bits per heavy atom. The number of carbonyl (C=O) groups is 2. The van der Waals surface area contributed by atoms with E-state index in [2.05, 4.69) is 0 Å². The minimum absolute atomic E-state index is 0.0159. The van der Waals surface area contributed by atoms with Gasteiger partial charge in [0.1, 0.15) is 6.10 Å². The van der Waals surface area contributed by atoms with E-state index in [0.29, 0.717) is 39.4 Å². The molecule has 0 N–H and O–H groups in total. The van der Waals surface area contributed by atoms with Gasteiger partial charge < -0.3 is 19.3 Å². The maximum Gasteiger partial charge on any atom is 0.223 e. The lowest BCUT2D eigenvalue weighted by molar-refractivity contribution is -0.147. The lowest BCUT2D eigenvalue weighted by Crippen LogP contribution is -2.46. The maximum atomic E-state index is 12.6. The zero-order chi connectivity index (χ0) is 17.6. The van der Waals surface area contributed by atoms with Gasteiger partial charge in [0.25, 0.3) is 0 Å². The highest BCUT2D eigenvalue weighted by Crippen LogP contribution is 2.25. The highest BCUT2D eigenvalue weighted by molar-refractivity contribution is 5.84. The molecule has 2 fully saturated rings. The van der Waals surface area contributed by atoms with Crippen LogP contribution < -0.4 is 0 Å². The summed E-state index contributed by atoms with van der Waals surface area (Å²) in [4.78, 5) is 28.4. The van der Waals surface area contributed by atoms with Gasteiger partial charge in [-0.2, -0.15) is 0 Å². The summed E-state index contributed by atoms with van der Waals surface area (Å²) in [5.74, 6) is 0.0651. The second-order valence-corrected chi connectivity index (χ2v) is 6.64. The van der Waals surface area contributed by atoms with Crippen LogP contribution in [-0.2, 0) is 19.1 Å². The van der Waals surface area contributed by atoms with E-state index in [-0.39, 0.29) is 36.9 Å². The quantitative estimate of drug-likeness (QED) is 0.831. The third kappa shape index (κ3) is 4.80. The molecule has 0 bridgehead atoms. The Labute approximate surface area is 148 Å². The van der Waals surface area contributed by atoms with E-state index in [4.69, 9.17) is 9.47 Å². The van der Waals surface area contributed by atoms with E-state index >= 15 is 0 Å². The molecule has 1 aromatic carbocycles. The van der Waals surface area contributed by atoms with Crippen LogP contribution in [0.15, 0.2) is 30.3 Å². The first kappa shape index (κ1) is 17.9. The number of ether oxygens (including phenoxy) is 2. The summed E-state index contributed by atoms with van der Waals surface area (Å²) in [5.41, 5.74) is 1.08. The monoisotopic (exact) mass is 346 g/mol. The van der Waals surface area contributed by atoms with E-state index in [1.165, 1.54) is 0 Å². The van der Waals surface area contributed by atoms with Gasteiger partial charge in [0.05, 0.1) is 25.9 Å². The second-order valence-electron chi connectivity index (χ2n) is 6.64. The number of hydrogen-bond acceptors (Lipinski definition) is 4. The second kappa shape index (κ2) is 8.45. The fourth-order valence-electron chi connectivity index (χ4n) is 3.35. The standard InChI is InChI=1S/C19H26N2O4/c1-15-13-21(14-17(25-15)16-5-3-2-4-6-16)19(23)8-7-18(22)20-9-11-24-12-10-20/h2-6,15,17H,7-14H2,1H3/t15-,17+/m1/s1. The van der Waals surface area contributed by atoms with Gasteiger partial charge in [0.2, 0.25) is 11.8 Å². The van der Waals surface area contributed by atoms with Gasteiger partial charge >= 0.3 is 0 Å². The van der Waals surface area contributed by atoms with E-state index in [9.17, 15) is 9.59 Å². The first-order chi connectivity index (χ1) is 12.1. The summed E-state index contributed by atoms with van der Waals surface area (Å²) in [6.45, 7) is 5.51. The van der Waals surface area contributed by atoms with Gasteiger partial charge in [0, 0.05) is 32.5 Å². The van der Waals surface area contributed by atoms with Crippen LogP contribution in [0.25, 0.3) is 0 Å². The highest BCUT2D eigenvalue weighted by Gasteiger charge is 2.29. The zero-order valence-corrected chi connectivity index (χ0v) is 14.7. The molecular formula is C19H26N2O4. The molecule has 2 atom stereocenters. The number of hydrogen-bond donors (Lipinski definition) is 0. The summed E-state index contributed by atoms with van der Waals surface area (Å²) < 4.78 is 11.2. The van der Waals surface area contributed by atoms with Crippen LogP contribution in [0, 0.1) is 0 Å². The molecule has 0 unspecified atom stereocenters. The number of nitrogens with zero attached hydrogens (tertiary/aromatic N) is 2. The van der Waals surface area contributed by atoms with Gasteiger partial charge in [-0.15, -0.1) is 0 Å². The van der Waals surface area contributed by atoms with Crippen molar-refractivity contribution in [2.75, 3.05) is 39.4 Å². The fraction of sp³-hybridized carbons (Fsp3) is 0.579. The Morgan fingerprint density at radius 2 is 1.64 bits per heavy atom. The summed E-state index contributed by atoms with van der Waals surface area (Å²) >= 11 is 0. The molecule has 6 nitrogen and oxygen atoms in total. The minimum atomic E-state index is -0.108. The molecule has 25 heavy (non-hydrogen) atoms. The molecule has 0 aliphatic carbocycles. The first-order valence-corrected chi connectivity index (χ1v) is 8.97. The van der Waals surface area contributed by atoms with Crippen LogP contribution in [0.5, 0.6) is 0 Å². The third-order valence-electron chi connectivity index (χ3n) is 4.70. The average molecular weight is 346 g/mol. The van der Waals surface area contributed by atoms with E-state index in [1.54, 1.807) is 4.90 Å². The number of amides is 2. The van der Waals surface area contributed by atoms with Crippen molar-refractivity contribution in [3.8, 4) is 0 Å². The van der Waals surface area contributed by atoms with Crippen molar-refractivity contribution in [3.63, 3.8) is 0 Å². The zero-order valence-electron chi connectivity index (χ0n) is 14.7. The smallest absolute Gasteiger partial charge is 0.223 e. The van der Waals surface area contributed by atoms with Gasteiger partial charge in [-0.25, -0.2) is 0 Å². The number of carbonyl (C=O) groups excluding carboxylic acids is 2. The average Bonchev–Trinajstić information content (AvgIpc) is 2.66. The Balaban J connectivity index is 1.53. The first-order valence-electron chi connectivity index (χ1n) is 8.97. The molecule has 0 aromatic heterocycles. The van der Waals surface area contributed by atoms with Crippen molar-refractivity contribution >= 4 is 11.8 Å². The van der Waals surface area contributed by atoms with Crippen molar-refractivity contribution in [1.29, 1.82) is 0 Å². The molecule has 3 rings (SSSR count). The summed E-state index contributed by atoms with van der Waals surface area (Å²) in [6.07, 6.45) is 0.395. The highest BCUT2D eigenvalue weighted by atomic mass is 16.5. The predicted octanol–water partition coefficient (Wildman–Crippen LogP) is 1.61. The molecule has 0 saturated carbocycles. The molecule has 0 spiro atoms. The van der Waals surface area contributed by atoms with Crippen LogP contribution in [0.3, 0.4) is 0 Å². The normalized spacial score (nSPS) is 24.2. The van der Waals surface area contributed by atoms with Gasteiger partial charge in [0.15, 0.2) is 0 Å². The van der Waals surface area contributed by atoms with E-state index in [0.717, 1.165) is 5.56 Å². The van der Waals surface area contributed by atoms with Crippen LogP contribution in [0.4, 0.5) is 0 Å². The fourth-order valence-corrected chi connectivity index (χ4v) is 3.35. The molecule has 2 amide bonds. The van der Waals surface area contributed by atoms with E-state index in [1.807, 2.05) is 42.2 Å². The van der Waals surface area contributed by atoms with Gasteiger partial charge in [-0.1, -0.05) is 30.3 Å². The molecule has 0 radical (unpaired) electrons. The minimum Gasteiger partial charge on any atom is -0.378 e. The molecule has 2 heterocycles. The van der Waals surface area contributed by atoms with Gasteiger partial charge in [-0.3, -0.25) is 9.59 Å². The number of morpholine rings is 2. The van der Waals surface area contributed by atoms with Crippen molar-refractivity contribution in [3.05, 3.63) is 35.9 Å². The van der Waals surface area contributed by atoms with E-state index < -0.39 is 0 Å². The largest absolute Gasteiger partial charge is 0.378 e. The summed E-state index contributed by atoms with van der Waals surface area (Å²) in [6, 6.07) is 9.97. The molecule has 1 aromatic rings. The van der Waals surface area contributed by atoms with Crippen molar-refractivity contribution in [1.82, 2.24) is 9.80 Å². The molecule has 2 saturated heterocycles. The van der Waals surface area contributed by atoms with Crippen LogP contribution in [0.1, 0.15) is 31.4 Å². The van der Waals surface area contributed by atoms with Crippen LogP contribution in [-0.4, -0.2) is 67.1 Å². The number of benzene rings is 1. The maximum absolute atomic E-state index is 12.6. The molecule has 136 valence electrons. The Kier molecular flexibility index (Phi) is 6.04. The van der Waals surface area contributed by atoms with Crippen molar-refractivity contribution < 1.29 is 19.1 Å². The lowest BCUT2D eigenvalue weighted by Gasteiger charge is -2.37. The van der Waals surface area contributed by atoms with Crippen LogP contribution >= 0.6 is 0 Å². The predicted molar refractivity (Wildman–Crippen MR) is 92.9 cm³/mol. The topological polar surface area (TPSA) is 59.1 Å². The Hall–Kier alpha value is -1.92. The third-order valence-corrected chi connectivity index (χ3v) is 4.70. The molecule has 6 heteroatoms. The van der Waals surface area contributed by atoms with Gasteiger partial charge in [-0.05, 0) is 12.5 Å². The summed E-state index contributed by atoms with van der Waals surface area (Å²) in [7, 11) is 0. The summed E-state index contributed by atoms with van der Waals surface area (Å²) in [5, 5.41) is 0. The molecular weight excluding hydrogens is 320 g/mol.